The summed E-state index contributed by atoms with van der Waals surface area (Å²) in [6, 6.07) is 1.60. The number of nitrogens with two attached hydrogens (primary N) is 1. The van der Waals surface area contributed by atoms with E-state index in [4.69, 9.17) is 5.73 Å². The van der Waals surface area contributed by atoms with E-state index in [9.17, 15) is 10.2 Å². The molecule has 5 heteroatoms. The van der Waals surface area contributed by atoms with Crippen LogP contribution in [0.2, 0.25) is 0 Å². The molecule has 0 radical (unpaired) electrons. The van der Waals surface area contributed by atoms with Crippen molar-refractivity contribution < 1.29 is 10.2 Å². The molecule has 0 saturated heterocycles. The molecule has 0 aliphatic rings. The molecule has 0 fully saturated rings. The number of aromatic nitrogens is 1. The van der Waals surface area contributed by atoms with Gasteiger partial charge < -0.3 is 21.3 Å². The standard InChI is InChI=1S/C10H17N3O2/c1-12-4-3-9(14)10(15)7-6-13-5-2-8(7)11/h2,5-6,9-10,12,14-15H,3-4H2,1H3,(H2,11,13). The van der Waals surface area contributed by atoms with Gasteiger partial charge in [-0.2, -0.15) is 0 Å². The molecule has 1 heterocycles. The van der Waals surface area contributed by atoms with Crippen molar-refractivity contribution in [1.29, 1.82) is 0 Å². The molecule has 0 aliphatic carbocycles. The van der Waals surface area contributed by atoms with Gasteiger partial charge in [0.05, 0.1) is 6.10 Å². The minimum Gasteiger partial charge on any atom is -0.398 e. The lowest BCUT2D eigenvalue weighted by Crippen LogP contribution is -2.24. The summed E-state index contributed by atoms with van der Waals surface area (Å²) in [5.74, 6) is 0. The molecule has 5 N–H and O–H groups in total. The minimum atomic E-state index is -0.980. The van der Waals surface area contributed by atoms with E-state index in [2.05, 4.69) is 10.3 Å². The van der Waals surface area contributed by atoms with Crippen LogP contribution in [0.25, 0.3) is 0 Å². The lowest BCUT2D eigenvalue weighted by atomic mass is 10.0. The van der Waals surface area contributed by atoms with Crippen molar-refractivity contribution in [1.82, 2.24) is 10.3 Å². The molecule has 0 bridgehead atoms. The third-order valence-electron chi connectivity index (χ3n) is 2.26. The van der Waals surface area contributed by atoms with Crippen LogP contribution in [-0.2, 0) is 0 Å². The van der Waals surface area contributed by atoms with E-state index >= 15 is 0 Å². The Balaban J connectivity index is 2.67. The number of hydrogen-bond donors (Lipinski definition) is 4. The fourth-order valence-electron chi connectivity index (χ4n) is 1.32. The summed E-state index contributed by atoms with van der Waals surface area (Å²) in [4.78, 5) is 3.86. The first-order valence-corrected chi connectivity index (χ1v) is 4.87. The van der Waals surface area contributed by atoms with Crippen LogP contribution in [0.15, 0.2) is 18.5 Å². The first-order chi connectivity index (χ1) is 7.16. The summed E-state index contributed by atoms with van der Waals surface area (Å²) in [7, 11) is 1.79. The zero-order chi connectivity index (χ0) is 11.3. The smallest absolute Gasteiger partial charge is 0.108 e. The third-order valence-corrected chi connectivity index (χ3v) is 2.26. The monoisotopic (exact) mass is 211 g/mol. The predicted octanol–water partition coefficient (Wildman–Crippen LogP) is -0.332. The van der Waals surface area contributed by atoms with Crippen LogP contribution in [-0.4, -0.2) is 34.9 Å². The molecule has 0 spiro atoms. The van der Waals surface area contributed by atoms with Crippen molar-refractivity contribution in [3.63, 3.8) is 0 Å². The van der Waals surface area contributed by atoms with Gasteiger partial charge >= 0.3 is 0 Å². The first kappa shape index (κ1) is 11.9. The second kappa shape index (κ2) is 5.65. The van der Waals surface area contributed by atoms with Crippen LogP contribution in [0.4, 0.5) is 5.69 Å². The van der Waals surface area contributed by atoms with E-state index in [0.29, 0.717) is 24.2 Å². The second-order valence-electron chi connectivity index (χ2n) is 3.41. The molecular weight excluding hydrogens is 194 g/mol. The largest absolute Gasteiger partial charge is 0.398 e. The highest BCUT2D eigenvalue weighted by Gasteiger charge is 2.19. The predicted molar refractivity (Wildman–Crippen MR) is 58.2 cm³/mol. The van der Waals surface area contributed by atoms with Crippen LogP contribution >= 0.6 is 0 Å². The highest BCUT2D eigenvalue weighted by Crippen LogP contribution is 2.22. The number of anilines is 1. The number of nitrogens with one attached hydrogen (secondary N) is 1. The second-order valence-corrected chi connectivity index (χ2v) is 3.41. The van der Waals surface area contributed by atoms with Crippen LogP contribution in [0.1, 0.15) is 18.1 Å². The van der Waals surface area contributed by atoms with Gasteiger partial charge in [0.2, 0.25) is 0 Å². The van der Waals surface area contributed by atoms with Crippen molar-refractivity contribution >= 4 is 5.69 Å². The van der Waals surface area contributed by atoms with Gasteiger partial charge in [0.15, 0.2) is 0 Å². The molecule has 2 unspecified atom stereocenters. The first-order valence-electron chi connectivity index (χ1n) is 4.87. The number of hydrogen-bond acceptors (Lipinski definition) is 5. The Morgan fingerprint density at radius 3 is 2.87 bits per heavy atom. The minimum absolute atomic E-state index is 0.445. The zero-order valence-corrected chi connectivity index (χ0v) is 8.72. The van der Waals surface area contributed by atoms with Crippen LogP contribution < -0.4 is 11.1 Å². The quantitative estimate of drug-likeness (QED) is 0.535. The highest BCUT2D eigenvalue weighted by molar-refractivity contribution is 5.45. The van der Waals surface area contributed by atoms with Gasteiger partial charge in [-0.1, -0.05) is 0 Å². The molecule has 5 nitrogen and oxygen atoms in total. The summed E-state index contributed by atoms with van der Waals surface area (Å²) in [6.45, 7) is 0.637. The van der Waals surface area contributed by atoms with E-state index < -0.39 is 12.2 Å². The van der Waals surface area contributed by atoms with Crippen molar-refractivity contribution in [2.75, 3.05) is 19.3 Å². The number of rotatable bonds is 5. The van der Waals surface area contributed by atoms with Crippen LogP contribution in [0, 0.1) is 0 Å². The molecular formula is C10H17N3O2. The summed E-state index contributed by atoms with van der Waals surface area (Å²) in [6.07, 6.45) is 1.68. The number of nitrogens with zero attached hydrogens (tertiary/aromatic N) is 1. The lowest BCUT2D eigenvalue weighted by Gasteiger charge is -2.18. The van der Waals surface area contributed by atoms with Gasteiger partial charge in [0.25, 0.3) is 0 Å². The molecule has 1 aromatic rings. The third kappa shape index (κ3) is 3.16. The zero-order valence-electron chi connectivity index (χ0n) is 8.72. The Morgan fingerprint density at radius 1 is 1.53 bits per heavy atom. The van der Waals surface area contributed by atoms with E-state index in [1.165, 1.54) is 6.20 Å². The van der Waals surface area contributed by atoms with Gasteiger partial charge in [-0.15, -0.1) is 0 Å². The molecule has 1 rings (SSSR count). The lowest BCUT2D eigenvalue weighted by molar-refractivity contribution is 0.0143. The van der Waals surface area contributed by atoms with E-state index in [-0.39, 0.29) is 0 Å². The topological polar surface area (TPSA) is 91.4 Å². The molecule has 15 heavy (non-hydrogen) atoms. The molecule has 2 atom stereocenters. The number of aliphatic hydroxyl groups excluding tert-OH is 2. The Bertz CT molecular complexity index is 306. The molecule has 0 saturated carbocycles. The maximum Gasteiger partial charge on any atom is 0.108 e. The van der Waals surface area contributed by atoms with Gasteiger partial charge in [-0.25, -0.2) is 0 Å². The summed E-state index contributed by atoms with van der Waals surface area (Å²) >= 11 is 0. The summed E-state index contributed by atoms with van der Waals surface area (Å²) in [5.41, 5.74) is 6.58. The van der Waals surface area contributed by atoms with E-state index in [0.717, 1.165) is 0 Å². The maximum absolute atomic E-state index is 9.80. The van der Waals surface area contributed by atoms with Crippen LogP contribution in [0.5, 0.6) is 0 Å². The fraction of sp³-hybridized carbons (Fsp3) is 0.500. The SMILES string of the molecule is CNCCC(O)C(O)c1cnccc1N. The molecule has 1 aromatic heterocycles. The van der Waals surface area contributed by atoms with Crippen molar-refractivity contribution in [3.05, 3.63) is 24.0 Å². The normalized spacial score (nSPS) is 14.9. The number of pyridine rings is 1. The van der Waals surface area contributed by atoms with Crippen molar-refractivity contribution in [3.8, 4) is 0 Å². The Morgan fingerprint density at radius 2 is 2.27 bits per heavy atom. The highest BCUT2D eigenvalue weighted by atomic mass is 16.3. The van der Waals surface area contributed by atoms with Gasteiger partial charge in [0, 0.05) is 23.6 Å². The van der Waals surface area contributed by atoms with Gasteiger partial charge in [0.1, 0.15) is 6.10 Å². The number of nitrogen functional groups attached to an aromatic ring is 1. The molecule has 84 valence electrons. The molecule has 0 aromatic carbocycles. The van der Waals surface area contributed by atoms with Gasteiger partial charge in [-0.05, 0) is 26.1 Å². The molecule has 0 amide bonds. The maximum atomic E-state index is 9.80. The van der Waals surface area contributed by atoms with Gasteiger partial charge in [-0.3, -0.25) is 4.98 Å². The Kier molecular flexibility index (Phi) is 4.48. The van der Waals surface area contributed by atoms with E-state index in [1.807, 2.05) is 0 Å². The average molecular weight is 211 g/mol. The van der Waals surface area contributed by atoms with Crippen molar-refractivity contribution in [2.24, 2.45) is 0 Å². The Labute approximate surface area is 89.0 Å². The van der Waals surface area contributed by atoms with E-state index in [1.54, 1.807) is 19.3 Å². The Hall–Kier alpha value is -1.17. The summed E-state index contributed by atoms with van der Waals surface area (Å²) < 4.78 is 0. The van der Waals surface area contributed by atoms with Crippen molar-refractivity contribution in [2.45, 2.75) is 18.6 Å². The average Bonchev–Trinajstić information content (AvgIpc) is 2.25. The molecule has 0 aliphatic heterocycles. The summed E-state index contributed by atoms with van der Waals surface area (Å²) in [5, 5.41) is 22.4. The number of aliphatic hydroxyl groups is 2. The fourth-order valence-corrected chi connectivity index (χ4v) is 1.32. The van der Waals surface area contributed by atoms with Crippen LogP contribution in [0.3, 0.4) is 0 Å².